The van der Waals surface area contributed by atoms with Crippen LogP contribution in [0.1, 0.15) is 25.7 Å². The second-order valence-electron chi connectivity index (χ2n) is 4.65. The molecular formula is C13H15Cl3N2O. The van der Waals surface area contributed by atoms with E-state index in [1.165, 1.54) is 12.8 Å². The van der Waals surface area contributed by atoms with Crippen molar-refractivity contribution in [2.75, 3.05) is 11.9 Å². The molecule has 0 saturated heterocycles. The summed E-state index contributed by atoms with van der Waals surface area (Å²) in [6.07, 6.45) is 4.52. The van der Waals surface area contributed by atoms with Crippen molar-refractivity contribution in [3.05, 3.63) is 27.2 Å². The van der Waals surface area contributed by atoms with E-state index in [0.29, 0.717) is 26.8 Å². The highest BCUT2D eigenvalue weighted by Gasteiger charge is 2.17. The van der Waals surface area contributed by atoms with E-state index >= 15 is 0 Å². The Labute approximate surface area is 127 Å². The maximum Gasteiger partial charge on any atom is 0.239 e. The van der Waals surface area contributed by atoms with Crippen molar-refractivity contribution in [3.8, 4) is 0 Å². The summed E-state index contributed by atoms with van der Waals surface area (Å²) in [4.78, 5) is 11.8. The third kappa shape index (κ3) is 4.16. The molecule has 2 rings (SSSR count). The number of amides is 1. The summed E-state index contributed by atoms with van der Waals surface area (Å²) in [5.74, 6) is -0.0333. The average molecular weight is 322 g/mol. The van der Waals surface area contributed by atoms with Crippen LogP contribution in [-0.4, -0.2) is 18.5 Å². The number of anilines is 1. The van der Waals surface area contributed by atoms with Crippen molar-refractivity contribution in [2.24, 2.45) is 0 Å². The first-order valence-electron chi connectivity index (χ1n) is 6.24. The Morgan fingerprint density at radius 2 is 1.74 bits per heavy atom. The number of carbonyl (C=O) groups is 1. The average Bonchev–Trinajstić information content (AvgIpc) is 2.85. The highest BCUT2D eigenvalue weighted by molar-refractivity contribution is 6.44. The first-order valence-corrected chi connectivity index (χ1v) is 7.37. The van der Waals surface area contributed by atoms with Crippen LogP contribution >= 0.6 is 34.8 Å². The summed E-state index contributed by atoms with van der Waals surface area (Å²) < 4.78 is 0. The van der Waals surface area contributed by atoms with Gasteiger partial charge in [0.05, 0.1) is 27.3 Å². The van der Waals surface area contributed by atoms with E-state index in [1.807, 2.05) is 0 Å². The predicted octanol–water partition coefficient (Wildman–Crippen LogP) is 4.12. The number of hydrogen-bond acceptors (Lipinski definition) is 2. The Kier molecular flexibility index (Phi) is 5.20. The Hall–Kier alpha value is -0.640. The minimum absolute atomic E-state index is 0.0333. The molecule has 1 aromatic carbocycles. The second-order valence-corrected chi connectivity index (χ2v) is 5.87. The fourth-order valence-corrected chi connectivity index (χ4v) is 2.80. The number of halogens is 3. The molecule has 6 heteroatoms. The van der Waals surface area contributed by atoms with Crippen LogP contribution in [0.4, 0.5) is 5.69 Å². The van der Waals surface area contributed by atoms with Crippen molar-refractivity contribution in [1.82, 2.24) is 5.32 Å². The van der Waals surface area contributed by atoms with E-state index in [1.54, 1.807) is 12.1 Å². The Morgan fingerprint density at radius 1 is 1.11 bits per heavy atom. The Morgan fingerprint density at radius 3 is 2.42 bits per heavy atom. The molecule has 104 valence electrons. The SMILES string of the molecule is O=C(CNc1cc(Cl)c(Cl)cc1Cl)NC1CCCC1. The van der Waals surface area contributed by atoms with Gasteiger partial charge in [-0.05, 0) is 25.0 Å². The van der Waals surface area contributed by atoms with Gasteiger partial charge in [0, 0.05) is 6.04 Å². The van der Waals surface area contributed by atoms with Crippen LogP contribution in [0.25, 0.3) is 0 Å². The molecule has 1 amide bonds. The zero-order chi connectivity index (χ0) is 13.8. The molecule has 0 bridgehead atoms. The van der Waals surface area contributed by atoms with E-state index in [4.69, 9.17) is 34.8 Å². The number of hydrogen-bond donors (Lipinski definition) is 2. The molecule has 1 aliphatic rings. The molecule has 3 nitrogen and oxygen atoms in total. The molecule has 1 aliphatic carbocycles. The van der Waals surface area contributed by atoms with Crippen molar-refractivity contribution in [2.45, 2.75) is 31.7 Å². The number of carbonyl (C=O) groups excluding carboxylic acids is 1. The zero-order valence-electron chi connectivity index (χ0n) is 10.3. The van der Waals surface area contributed by atoms with Gasteiger partial charge in [0.25, 0.3) is 0 Å². The lowest BCUT2D eigenvalue weighted by atomic mass is 10.2. The quantitative estimate of drug-likeness (QED) is 0.819. The number of nitrogens with one attached hydrogen (secondary N) is 2. The first kappa shape index (κ1) is 14.8. The van der Waals surface area contributed by atoms with Gasteiger partial charge in [0.2, 0.25) is 5.91 Å². The van der Waals surface area contributed by atoms with E-state index in [9.17, 15) is 4.79 Å². The van der Waals surface area contributed by atoms with Crippen LogP contribution in [0.5, 0.6) is 0 Å². The van der Waals surface area contributed by atoms with Gasteiger partial charge >= 0.3 is 0 Å². The van der Waals surface area contributed by atoms with Crippen LogP contribution in [0, 0.1) is 0 Å². The van der Waals surface area contributed by atoms with Gasteiger partial charge in [-0.1, -0.05) is 47.6 Å². The molecular weight excluding hydrogens is 307 g/mol. The summed E-state index contributed by atoms with van der Waals surface area (Å²) in [5, 5.41) is 7.21. The summed E-state index contributed by atoms with van der Waals surface area (Å²) >= 11 is 17.8. The maximum atomic E-state index is 11.8. The fourth-order valence-electron chi connectivity index (χ4n) is 2.18. The highest BCUT2D eigenvalue weighted by atomic mass is 35.5. The highest BCUT2D eigenvalue weighted by Crippen LogP contribution is 2.32. The summed E-state index contributed by atoms with van der Waals surface area (Å²) in [7, 11) is 0. The molecule has 2 N–H and O–H groups in total. The smallest absolute Gasteiger partial charge is 0.239 e. The number of benzene rings is 1. The lowest BCUT2D eigenvalue weighted by Crippen LogP contribution is -2.36. The van der Waals surface area contributed by atoms with Crippen molar-refractivity contribution in [1.29, 1.82) is 0 Å². The molecule has 0 atom stereocenters. The van der Waals surface area contributed by atoms with E-state index in [0.717, 1.165) is 12.8 Å². The Bertz CT molecular complexity index is 473. The molecule has 0 radical (unpaired) electrons. The summed E-state index contributed by atoms with van der Waals surface area (Å²) in [6.45, 7) is 0.175. The number of rotatable bonds is 4. The van der Waals surface area contributed by atoms with Gasteiger partial charge in [0.1, 0.15) is 0 Å². The van der Waals surface area contributed by atoms with E-state index in [-0.39, 0.29) is 12.5 Å². The van der Waals surface area contributed by atoms with E-state index < -0.39 is 0 Å². The van der Waals surface area contributed by atoms with Gasteiger partial charge in [-0.15, -0.1) is 0 Å². The molecule has 19 heavy (non-hydrogen) atoms. The molecule has 1 fully saturated rings. The van der Waals surface area contributed by atoms with E-state index in [2.05, 4.69) is 10.6 Å². The molecule has 0 aliphatic heterocycles. The summed E-state index contributed by atoms with van der Waals surface area (Å²) in [5.41, 5.74) is 0.609. The molecule has 1 aromatic rings. The van der Waals surface area contributed by atoms with Gasteiger partial charge in [-0.25, -0.2) is 0 Å². The predicted molar refractivity (Wildman–Crippen MR) is 80.4 cm³/mol. The third-order valence-corrected chi connectivity index (χ3v) is 4.20. The fraction of sp³-hybridized carbons (Fsp3) is 0.462. The first-order chi connectivity index (χ1) is 9.06. The minimum atomic E-state index is -0.0333. The monoisotopic (exact) mass is 320 g/mol. The summed E-state index contributed by atoms with van der Waals surface area (Å²) in [6, 6.07) is 3.50. The van der Waals surface area contributed by atoms with Crippen molar-refractivity contribution in [3.63, 3.8) is 0 Å². The maximum absolute atomic E-state index is 11.8. The van der Waals surface area contributed by atoms with Gasteiger partial charge in [-0.2, -0.15) is 0 Å². The van der Waals surface area contributed by atoms with Crippen LogP contribution in [0.2, 0.25) is 15.1 Å². The van der Waals surface area contributed by atoms with Crippen LogP contribution in [0.3, 0.4) is 0 Å². The normalized spacial score (nSPS) is 15.5. The van der Waals surface area contributed by atoms with Crippen LogP contribution < -0.4 is 10.6 Å². The zero-order valence-corrected chi connectivity index (χ0v) is 12.6. The van der Waals surface area contributed by atoms with Crippen molar-refractivity contribution >= 4 is 46.4 Å². The lowest BCUT2D eigenvalue weighted by Gasteiger charge is -2.13. The topological polar surface area (TPSA) is 41.1 Å². The van der Waals surface area contributed by atoms with Gasteiger partial charge in [0.15, 0.2) is 0 Å². The van der Waals surface area contributed by atoms with Crippen molar-refractivity contribution < 1.29 is 4.79 Å². The second kappa shape index (κ2) is 6.69. The van der Waals surface area contributed by atoms with Crippen LogP contribution in [0.15, 0.2) is 12.1 Å². The van der Waals surface area contributed by atoms with Crippen LogP contribution in [-0.2, 0) is 4.79 Å². The Balaban J connectivity index is 1.87. The molecule has 0 aromatic heterocycles. The largest absolute Gasteiger partial charge is 0.375 e. The standard InChI is InChI=1S/C13H15Cl3N2O/c14-9-5-11(16)12(6-10(9)15)17-7-13(19)18-8-3-1-2-4-8/h5-6,8,17H,1-4,7H2,(H,18,19). The minimum Gasteiger partial charge on any atom is -0.375 e. The van der Waals surface area contributed by atoms with Gasteiger partial charge < -0.3 is 10.6 Å². The van der Waals surface area contributed by atoms with Gasteiger partial charge in [-0.3, -0.25) is 4.79 Å². The molecule has 0 spiro atoms. The lowest BCUT2D eigenvalue weighted by molar-refractivity contribution is -0.120. The molecule has 0 heterocycles. The third-order valence-electron chi connectivity index (χ3n) is 3.17. The molecule has 0 unspecified atom stereocenters. The molecule has 1 saturated carbocycles.